The number of carbonyl (C=O) groups excluding carboxylic acids is 2. The van der Waals surface area contributed by atoms with Crippen molar-refractivity contribution in [1.29, 1.82) is 0 Å². The van der Waals surface area contributed by atoms with Gasteiger partial charge in [0.15, 0.2) is 11.6 Å². The Kier molecular flexibility index (Phi) is 15.5. The number of hydrogen-bond acceptors (Lipinski definition) is 10. The molecule has 0 aliphatic rings. The van der Waals surface area contributed by atoms with Crippen LogP contribution in [-0.4, -0.2) is 88.7 Å². The van der Waals surface area contributed by atoms with Gasteiger partial charge in [-0.2, -0.15) is 13.2 Å². The summed E-state index contributed by atoms with van der Waals surface area (Å²) in [4.78, 5) is 41.9. The van der Waals surface area contributed by atoms with Gasteiger partial charge in [0.2, 0.25) is 0 Å². The number of hydrogen-bond donors (Lipinski definition) is 6. The van der Waals surface area contributed by atoms with Gasteiger partial charge in [-0.15, -0.1) is 0 Å². The summed E-state index contributed by atoms with van der Waals surface area (Å²) in [5.41, 5.74) is 16.6. The van der Waals surface area contributed by atoms with Crippen molar-refractivity contribution in [2.24, 2.45) is 0 Å². The lowest BCUT2D eigenvalue weighted by Crippen LogP contribution is -2.33. The zero-order valence-corrected chi connectivity index (χ0v) is 35.5. The number of benzene rings is 3. The number of imidazole rings is 2. The third-order valence-corrected chi connectivity index (χ3v) is 10.3. The third-order valence-electron chi connectivity index (χ3n) is 10.3. The molecule has 0 spiro atoms. The number of aromatic nitrogens is 6. The number of pyridine rings is 2. The Morgan fingerprint density at radius 1 is 0.667 bits per heavy atom. The fourth-order valence-electron chi connectivity index (χ4n) is 7.29. The summed E-state index contributed by atoms with van der Waals surface area (Å²) in [5, 5.41) is 12.5. The highest BCUT2D eigenvalue weighted by Gasteiger charge is 2.30. The van der Waals surface area contributed by atoms with Crippen molar-refractivity contribution in [2.45, 2.75) is 57.8 Å². The SMILES string of the molecule is CNC(=O)NCCCCn1c(CCOC)nc2c(N)nc3ccccc3c21.COCCc1nc2c(N)nc3ccccc3c2n1CCCCNC(=O)Nc1cccc(C(F)(F)F)c1. The summed E-state index contributed by atoms with van der Waals surface area (Å²) in [7, 11) is 4.93. The molecule has 0 radical (unpaired) electrons. The molecule has 8 N–H and O–H groups in total. The molecular weight excluding hydrogens is 818 g/mol. The van der Waals surface area contributed by atoms with Crippen molar-refractivity contribution < 1.29 is 32.2 Å². The first-order valence-corrected chi connectivity index (χ1v) is 20.7. The number of para-hydroxylation sites is 2. The molecule has 0 saturated heterocycles. The van der Waals surface area contributed by atoms with Crippen LogP contribution < -0.4 is 32.7 Å². The summed E-state index contributed by atoms with van der Waals surface area (Å²) in [6, 6.07) is 19.5. The molecule has 0 fully saturated rings. The maximum absolute atomic E-state index is 12.9. The predicted molar refractivity (Wildman–Crippen MR) is 239 cm³/mol. The molecule has 7 rings (SSSR count). The number of urea groups is 2. The zero-order valence-electron chi connectivity index (χ0n) is 35.5. The number of carbonyl (C=O) groups is 2. The Bertz CT molecular complexity index is 2670. The van der Waals surface area contributed by atoms with Crippen molar-refractivity contribution in [3.8, 4) is 0 Å². The Labute approximate surface area is 361 Å². The molecule has 7 aromatic rings. The van der Waals surface area contributed by atoms with Gasteiger partial charge in [0.1, 0.15) is 22.7 Å². The summed E-state index contributed by atoms with van der Waals surface area (Å²) in [6.45, 7) is 3.51. The first kappa shape index (κ1) is 45.8. The standard InChI is InChI=1S/C25H27F3N6O2.C19H26N6O2/c1-36-14-11-20-33-21-22(18-9-2-3-10-19(18)32-23(21)29)34(20)13-5-4-12-30-24(35)31-17-8-6-7-16(15-17)25(26,27)28;1-21-19(26)22-10-5-6-11-25-15(9-12-27-2)24-16-17(25)13-7-3-4-8-14(13)23-18(16)20/h2-3,6-10,15H,4-5,11-14H2,1H3,(H2,29,32)(H2,30,31,35);3-4,7-8H,5-6,9-12H2,1-2H3,(H2,20,23)(H2,21,22,26). The number of methoxy groups -OCH3 is 2. The van der Waals surface area contributed by atoms with Gasteiger partial charge in [-0.05, 0) is 56.0 Å². The number of anilines is 3. The molecule has 0 aliphatic carbocycles. The van der Waals surface area contributed by atoms with E-state index in [4.69, 9.17) is 30.9 Å². The predicted octanol–water partition coefficient (Wildman–Crippen LogP) is 7.04. The van der Waals surface area contributed by atoms with Crippen molar-refractivity contribution in [2.75, 3.05) is 64.4 Å². The van der Waals surface area contributed by atoms with E-state index in [-0.39, 0.29) is 11.7 Å². The zero-order chi connectivity index (χ0) is 44.9. The van der Waals surface area contributed by atoms with Crippen LogP contribution in [0.15, 0.2) is 72.8 Å². The number of halogens is 3. The molecule has 0 saturated carbocycles. The highest BCUT2D eigenvalue weighted by Crippen LogP contribution is 2.32. The molecule has 63 heavy (non-hydrogen) atoms. The fraction of sp³-hybridized carbons (Fsp3) is 0.364. The average molecular weight is 871 g/mol. The normalized spacial score (nSPS) is 11.5. The minimum Gasteiger partial charge on any atom is -0.384 e. The number of unbranched alkanes of at least 4 members (excludes halogenated alkanes) is 2. The molecular formula is C44H53F3N12O4. The molecule has 0 bridgehead atoms. The minimum absolute atomic E-state index is 0.0769. The molecule has 16 nitrogen and oxygen atoms in total. The average Bonchev–Trinajstić information content (AvgIpc) is 3.84. The van der Waals surface area contributed by atoms with Crippen LogP contribution in [-0.2, 0) is 41.6 Å². The molecule has 19 heteroatoms. The maximum Gasteiger partial charge on any atom is 0.416 e. The number of nitrogens with zero attached hydrogens (tertiary/aromatic N) is 6. The van der Waals surface area contributed by atoms with E-state index in [1.807, 2.05) is 42.5 Å². The number of fused-ring (bicyclic) bond motifs is 6. The van der Waals surface area contributed by atoms with Gasteiger partial charge in [0, 0.05) is 76.7 Å². The van der Waals surface area contributed by atoms with Crippen LogP contribution in [0.2, 0.25) is 0 Å². The van der Waals surface area contributed by atoms with E-state index >= 15 is 0 Å². The lowest BCUT2D eigenvalue weighted by molar-refractivity contribution is -0.137. The van der Waals surface area contributed by atoms with Crippen LogP contribution in [0.25, 0.3) is 43.9 Å². The van der Waals surface area contributed by atoms with Crippen molar-refractivity contribution in [1.82, 2.24) is 45.0 Å². The number of aryl methyl sites for hydroxylation is 2. The van der Waals surface area contributed by atoms with Crippen LogP contribution in [0.5, 0.6) is 0 Å². The number of ether oxygens (including phenoxy) is 2. The van der Waals surface area contributed by atoms with Gasteiger partial charge in [0.25, 0.3) is 0 Å². The number of nitrogens with two attached hydrogens (primary N) is 2. The minimum atomic E-state index is -4.47. The lowest BCUT2D eigenvalue weighted by Gasteiger charge is -2.12. The highest BCUT2D eigenvalue weighted by molar-refractivity contribution is 6.07. The Balaban J connectivity index is 0.000000219. The highest BCUT2D eigenvalue weighted by atomic mass is 19.4. The van der Waals surface area contributed by atoms with Crippen molar-refractivity contribution >= 4 is 73.3 Å². The van der Waals surface area contributed by atoms with Crippen LogP contribution in [0.3, 0.4) is 0 Å². The van der Waals surface area contributed by atoms with Crippen molar-refractivity contribution in [3.63, 3.8) is 0 Å². The molecule has 0 atom stereocenters. The quantitative estimate of drug-likeness (QED) is 0.0514. The van der Waals surface area contributed by atoms with E-state index < -0.39 is 17.8 Å². The number of amides is 4. The Morgan fingerprint density at radius 3 is 1.63 bits per heavy atom. The molecule has 4 heterocycles. The number of alkyl halides is 3. The lowest BCUT2D eigenvalue weighted by atomic mass is 10.2. The van der Waals surface area contributed by atoms with Crippen LogP contribution in [0, 0.1) is 0 Å². The third kappa shape index (κ3) is 11.4. The summed E-state index contributed by atoms with van der Waals surface area (Å²) < 4.78 is 53.4. The van der Waals surface area contributed by atoms with E-state index in [1.165, 1.54) is 12.1 Å². The number of nitrogens with one attached hydrogen (secondary N) is 4. The van der Waals surface area contributed by atoms with E-state index in [1.54, 1.807) is 21.3 Å². The molecule has 334 valence electrons. The summed E-state index contributed by atoms with van der Waals surface area (Å²) in [6.07, 6.45) is -0.00309. The van der Waals surface area contributed by atoms with Gasteiger partial charge < -0.3 is 51.3 Å². The van der Waals surface area contributed by atoms with E-state index in [0.717, 1.165) is 87.9 Å². The number of nitrogen functional groups attached to an aromatic ring is 2. The van der Waals surface area contributed by atoms with Gasteiger partial charge >= 0.3 is 18.2 Å². The van der Waals surface area contributed by atoms with Gasteiger partial charge in [0.05, 0.1) is 40.8 Å². The van der Waals surface area contributed by atoms with Gasteiger partial charge in [-0.1, -0.05) is 42.5 Å². The monoisotopic (exact) mass is 870 g/mol. The van der Waals surface area contributed by atoms with Crippen LogP contribution >= 0.6 is 0 Å². The van der Waals surface area contributed by atoms with E-state index in [9.17, 15) is 22.8 Å². The largest absolute Gasteiger partial charge is 0.416 e. The maximum atomic E-state index is 12.9. The molecule has 0 unspecified atom stereocenters. The first-order chi connectivity index (χ1) is 30.4. The molecule has 3 aromatic carbocycles. The van der Waals surface area contributed by atoms with Gasteiger partial charge in [-0.3, -0.25) is 0 Å². The molecule has 4 aromatic heterocycles. The summed E-state index contributed by atoms with van der Waals surface area (Å²) in [5.74, 6) is 2.60. The summed E-state index contributed by atoms with van der Waals surface area (Å²) >= 11 is 0. The molecule has 4 amide bonds. The second-order valence-electron chi connectivity index (χ2n) is 14.6. The second kappa shape index (κ2) is 21.4. The first-order valence-electron chi connectivity index (χ1n) is 20.7. The Morgan fingerprint density at radius 2 is 1.16 bits per heavy atom. The smallest absolute Gasteiger partial charge is 0.384 e. The second-order valence-corrected chi connectivity index (χ2v) is 14.6. The van der Waals surface area contributed by atoms with Gasteiger partial charge in [-0.25, -0.2) is 29.5 Å². The van der Waals surface area contributed by atoms with Crippen LogP contribution in [0.1, 0.15) is 42.9 Å². The topological polar surface area (TPSA) is 214 Å². The number of rotatable bonds is 17. The fourth-order valence-corrected chi connectivity index (χ4v) is 7.29. The molecule has 0 aliphatic heterocycles. The van der Waals surface area contributed by atoms with Crippen LogP contribution in [0.4, 0.5) is 40.1 Å². The van der Waals surface area contributed by atoms with E-state index in [0.29, 0.717) is 69.3 Å². The van der Waals surface area contributed by atoms with E-state index in [2.05, 4.69) is 46.4 Å². The Hall–Kier alpha value is -6.73. The van der Waals surface area contributed by atoms with Crippen molar-refractivity contribution in [3.05, 3.63) is 90.0 Å².